The van der Waals surface area contributed by atoms with Gasteiger partial charge in [-0.15, -0.1) is 0 Å². The van der Waals surface area contributed by atoms with Crippen LogP contribution in [0.3, 0.4) is 0 Å². The van der Waals surface area contributed by atoms with Crippen LogP contribution in [-0.2, 0) is 14.3 Å². The molecule has 0 aromatic heterocycles. The van der Waals surface area contributed by atoms with Crippen molar-refractivity contribution < 1.29 is 19.4 Å². The van der Waals surface area contributed by atoms with E-state index in [1.807, 2.05) is 0 Å². The zero-order valence-electron chi connectivity index (χ0n) is 34.8. The fraction of sp³-hybridized carbons (Fsp3) is 0.812. The molecule has 0 aromatic carbocycles. The molecule has 0 fully saturated rings. The Morgan fingerprint density at radius 1 is 0.481 bits per heavy atom. The van der Waals surface area contributed by atoms with Crippen LogP contribution in [0, 0.1) is 0 Å². The van der Waals surface area contributed by atoms with E-state index in [2.05, 4.69) is 62.5 Å². The summed E-state index contributed by atoms with van der Waals surface area (Å²) in [5.74, 6) is -0.221. The second-order valence-electron chi connectivity index (χ2n) is 15.1. The van der Waals surface area contributed by atoms with Gasteiger partial charge in [0, 0.05) is 13.0 Å². The first kappa shape index (κ1) is 50.4. The number of rotatable bonds is 42. The van der Waals surface area contributed by atoms with Gasteiger partial charge >= 0.3 is 5.97 Å². The van der Waals surface area contributed by atoms with E-state index < -0.39 is 6.10 Å². The van der Waals surface area contributed by atoms with Crippen molar-refractivity contribution in [1.82, 2.24) is 0 Å². The minimum absolute atomic E-state index is 0.181. The summed E-state index contributed by atoms with van der Waals surface area (Å²) in [5, 5.41) is 9.61. The fourth-order valence-corrected chi connectivity index (χ4v) is 6.56. The molecule has 1 unspecified atom stereocenters. The number of esters is 1. The van der Waals surface area contributed by atoms with Crippen LogP contribution in [0.15, 0.2) is 48.6 Å². The van der Waals surface area contributed by atoms with Gasteiger partial charge < -0.3 is 14.6 Å². The molecule has 304 valence electrons. The molecular formula is C48H88O4. The smallest absolute Gasteiger partial charge is 0.306 e. The molecule has 4 nitrogen and oxygen atoms in total. The van der Waals surface area contributed by atoms with Gasteiger partial charge in [-0.3, -0.25) is 4.79 Å². The Bertz CT molecular complexity index is 813. The highest BCUT2D eigenvalue weighted by Crippen LogP contribution is 2.16. The normalized spacial score (nSPS) is 12.8. The predicted molar refractivity (Wildman–Crippen MR) is 228 cm³/mol. The van der Waals surface area contributed by atoms with Crippen LogP contribution in [0.25, 0.3) is 0 Å². The minimum Gasteiger partial charge on any atom is -0.457 e. The summed E-state index contributed by atoms with van der Waals surface area (Å²) in [5.41, 5.74) is 0. The third-order valence-electron chi connectivity index (χ3n) is 9.92. The summed E-state index contributed by atoms with van der Waals surface area (Å²) in [6.07, 6.45) is 59.0. The minimum atomic E-state index is -0.546. The second kappa shape index (κ2) is 45.5. The third-order valence-corrected chi connectivity index (χ3v) is 9.92. The maximum absolute atomic E-state index is 12.2. The molecule has 0 saturated carbocycles. The Labute approximate surface area is 324 Å². The second-order valence-corrected chi connectivity index (χ2v) is 15.1. The van der Waals surface area contributed by atoms with Crippen LogP contribution >= 0.6 is 0 Å². The van der Waals surface area contributed by atoms with Crippen molar-refractivity contribution in [3.8, 4) is 0 Å². The van der Waals surface area contributed by atoms with Crippen LogP contribution in [0.2, 0.25) is 0 Å². The number of ether oxygens (including phenoxy) is 2. The zero-order chi connectivity index (χ0) is 37.7. The highest BCUT2D eigenvalue weighted by Gasteiger charge is 2.13. The number of aliphatic hydroxyl groups excluding tert-OH is 1. The number of aliphatic hydroxyl groups is 1. The molecule has 1 N–H and O–H groups in total. The molecule has 0 aliphatic rings. The summed E-state index contributed by atoms with van der Waals surface area (Å²) < 4.78 is 11.2. The molecule has 0 heterocycles. The van der Waals surface area contributed by atoms with E-state index in [0.29, 0.717) is 13.0 Å². The van der Waals surface area contributed by atoms with E-state index in [-0.39, 0.29) is 19.2 Å². The van der Waals surface area contributed by atoms with Gasteiger partial charge in [0.25, 0.3) is 0 Å². The molecule has 0 aromatic rings. The number of carbonyl (C=O) groups excluding carboxylic acids is 1. The van der Waals surface area contributed by atoms with Gasteiger partial charge in [-0.2, -0.15) is 0 Å². The van der Waals surface area contributed by atoms with Crippen molar-refractivity contribution in [2.24, 2.45) is 0 Å². The first-order valence-corrected chi connectivity index (χ1v) is 22.7. The largest absolute Gasteiger partial charge is 0.457 e. The maximum atomic E-state index is 12.2. The molecule has 4 heteroatoms. The molecular weight excluding hydrogens is 641 g/mol. The van der Waals surface area contributed by atoms with Crippen molar-refractivity contribution in [3.63, 3.8) is 0 Å². The topological polar surface area (TPSA) is 55.8 Å². The van der Waals surface area contributed by atoms with Crippen molar-refractivity contribution in [2.75, 3.05) is 19.8 Å². The van der Waals surface area contributed by atoms with E-state index in [1.54, 1.807) is 0 Å². The van der Waals surface area contributed by atoms with E-state index in [9.17, 15) is 9.90 Å². The number of hydrogen-bond acceptors (Lipinski definition) is 4. The Kier molecular flexibility index (Phi) is 44.1. The van der Waals surface area contributed by atoms with Crippen LogP contribution in [-0.4, -0.2) is 37.0 Å². The highest BCUT2D eigenvalue weighted by atomic mass is 16.6. The van der Waals surface area contributed by atoms with Gasteiger partial charge in [0.15, 0.2) is 0 Å². The molecule has 0 bridgehead atoms. The van der Waals surface area contributed by atoms with Gasteiger partial charge in [0.2, 0.25) is 0 Å². The number of unbranched alkanes of at least 4 members (excludes halogenated alkanes) is 26. The van der Waals surface area contributed by atoms with Crippen LogP contribution in [0.4, 0.5) is 0 Å². The van der Waals surface area contributed by atoms with E-state index in [0.717, 1.165) is 64.2 Å². The molecule has 1 atom stereocenters. The molecule has 0 saturated heterocycles. The van der Waals surface area contributed by atoms with E-state index >= 15 is 0 Å². The quantitative estimate of drug-likeness (QED) is 0.0386. The Hall–Kier alpha value is -1.65. The van der Waals surface area contributed by atoms with Crippen molar-refractivity contribution in [3.05, 3.63) is 48.6 Å². The van der Waals surface area contributed by atoms with Crippen LogP contribution < -0.4 is 0 Å². The summed E-state index contributed by atoms with van der Waals surface area (Å²) in [7, 11) is 0. The summed E-state index contributed by atoms with van der Waals surface area (Å²) in [6.45, 7) is 5.23. The lowest BCUT2D eigenvalue weighted by atomic mass is 10.0. The number of carbonyl (C=O) groups is 1. The van der Waals surface area contributed by atoms with Gasteiger partial charge in [0.1, 0.15) is 6.10 Å². The first-order chi connectivity index (χ1) is 25.7. The van der Waals surface area contributed by atoms with Crippen LogP contribution in [0.1, 0.15) is 226 Å². The van der Waals surface area contributed by atoms with Gasteiger partial charge in [-0.25, -0.2) is 0 Å². The lowest BCUT2D eigenvalue weighted by molar-refractivity contribution is -0.154. The Balaban J connectivity index is 3.41. The Morgan fingerprint density at radius 2 is 0.865 bits per heavy atom. The third kappa shape index (κ3) is 42.8. The van der Waals surface area contributed by atoms with Gasteiger partial charge in [-0.1, -0.05) is 217 Å². The first-order valence-electron chi connectivity index (χ1n) is 22.7. The molecule has 0 aliphatic carbocycles. The Morgan fingerprint density at radius 3 is 1.31 bits per heavy atom. The molecule has 0 spiro atoms. The monoisotopic (exact) mass is 729 g/mol. The average molecular weight is 729 g/mol. The predicted octanol–water partition coefficient (Wildman–Crippen LogP) is 15.0. The standard InChI is InChI=1S/C48H88O4/c1-3-5-7-9-11-13-15-17-19-21-22-23-24-25-26-28-30-32-34-36-38-40-42-44-51-46-47(45-49)52-48(50)43-41-39-37-35-33-31-29-27-20-18-16-14-12-10-8-6-4-2/h6,8,12,14,18,20,29,31,47,49H,3-5,7,9-11,13,15-17,19,21-28,30,32-46H2,1-2H3/b8-6-,14-12-,20-18-,31-29-. The van der Waals surface area contributed by atoms with Crippen molar-refractivity contribution >= 4 is 5.97 Å². The zero-order valence-corrected chi connectivity index (χ0v) is 34.8. The molecule has 0 rings (SSSR count). The van der Waals surface area contributed by atoms with Crippen molar-refractivity contribution in [1.29, 1.82) is 0 Å². The lowest BCUT2D eigenvalue weighted by Crippen LogP contribution is -2.27. The SMILES string of the molecule is CC/C=C\C/C=C\C/C=C\C/C=C\CCCCCCC(=O)OC(CO)COCCCCCCCCCCCCCCCCCCCCCCCCC. The van der Waals surface area contributed by atoms with Gasteiger partial charge in [-0.05, 0) is 51.4 Å². The number of allylic oxidation sites excluding steroid dienone is 8. The maximum Gasteiger partial charge on any atom is 0.306 e. The summed E-state index contributed by atoms with van der Waals surface area (Å²) >= 11 is 0. The van der Waals surface area contributed by atoms with Crippen molar-refractivity contribution in [2.45, 2.75) is 232 Å². The summed E-state index contributed by atoms with van der Waals surface area (Å²) in [4.78, 5) is 12.2. The molecule has 0 aliphatic heterocycles. The molecule has 0 amide bonds. The van der Waals surface area contributed by atoms with E-state index in [1.165, 1.54) is 141 Å². The van der Waals surface area contributed by atoms with Crippen LogP contribution in [0.5, 0.6) is 0 Å². The molecule has 0 radical (unpaired) electrons. The fourth-order valence-electron chi connectivity index (χ4n) is 6.56. The van der Waals surface area contributed by atoms with E-state index in [4.69, 9.17) is 9.47 Å². The molecule has 52 heavy (non-hydrogen) atoms. The highest BCUT2D eigenvalue weighted by molar-refractivity contribution is 5.69. The summed E-state index contributed by atoms with van der Waals surface area (Å²) in [6, 6.07) is 0. The number of hydrogen-bond donors (Lipinski definition) is 1. The lowest BCUT2D eigenvalue weighted by Gasteiger charge is -2.15. The van der Waals surface area contributed by atoms with Gasteiger partial charge in [0.05, 0.1) is 13.2 Å². The average Bonchev–Trinajstić information content (AvgIpc) is 3.15.